The van der Waals surface area contributed by atoms with Gasteiger partial charge < -0.3 is 40.4 Å². The lowest BCUT2D eigenvalue weighted by molar-refractivity contribution is -0.144. The Kier molecular flexibility index (Phi) is 11.3. The van der Waals surface area contributed by atoms with Gasteiger partial charge in [0.25, 0.3) is 5.91 Å². The number of carbonyl (C=O) groups excluding carboxylic acids is 4. The zero-order chi connectivity index (χ0) is 34.1. The lowest BCUT2D eigenvalue weighted by atomic mass is 9.89. The number of piperidine rings is 1. The first-order chi connectivity index (χ1) is 23.2. The quantitative estimate of drug-likeness (QED) is 0.237. The number of fused-ring (bicyclic) bond motifs is 15. The maximum absolute atomic E-state index is 14.3. The van der Waals surface area contributed by atoms with Crippen molar-refractivity contribution in [2.75, 3.05) is 32.8 Å². The molecule has 256 valence electrons. The third-order valence-electron chi connectivity index (χ3n) is 8.64. The highest BCUT2D eigenvalue weighted by Gasteiger charge is 2.45. The first kappa shape index (κ1) is 34.4. The van der Waals surface area contributed by atoms with Crippen LogP contribution in [0.15, 0.2) is 67.0 Å². The zero-order valence-electron chi connectivity index (χ0n) is 27.2. The molecule has 1 spiro atoms. The van der Waals surface area contributed by atoms with Crippen LogP contribution in [0.5, 0.6) is 11.5 Å². The molecule has 3 aromatic rings. The average Bonchev–Trinajstić information content (AvgIpc) is 3.50. The first-order valence-electron chi connectivity index (χ1n) is 16.1. The molecule has 6 rings (SSSR count). The Balaban J connectivity index is 1.44. The predicted molar refractivity (Wildman–Crippen MR) is 175 cm³/mol. The van der Waals surface area contributed by atoms with Crippen LogP contribution in [0, 0.1) is 0 Å². The van der Waals surface area contributed by atoms with Gasteiger partial charge in [-0.2, -0.15) is 0 Å². The fourth-order valence-corrected chi connectivity index (χ4v) is 5.72. The molecule has 14 heteroatoms. The zero-order valence-corrected chi connectivity index (χ0v) is 27.2. The van der Waals surface area contributed by atoms with Crippen molar-refractivity contribution in [3.05, 3.63) is 78.4 Å². The molecule has 1 aromatic heterocycles. The van der Waals surface area contributed by atoms with Crippen molar-refractivity contribution >= 4 is 23.6 Å². The van der Waals surface area contributed by atoms with E-state index in [1.807, 2.05) is 48.1 Å². The Morgan fingerprint density at radius 3 is 2.25 bits per heavy atom. The molecule has 1 saturated heterocycles. The molecule has 0 aliphatic carbocycles. The summed E-state index contributed by atoms with van der Waals surface area (Å²) in [5, 5.41) is 20.7. The van der Waals surface area contributed by atoms with Gasteiger partial charge in [0.05, 0.1) is 19.7 Å². The van der Waals surface area contributed by atoms with Crippen LogP contribution in [0.4, 0.5) is 0 Å². The average molecular weight is 662 g/mol. The minimum atomic E-state index is -1.37. The van der Waals surface area contributed by atoms with Crippen LogP contribution in [0.3, 0.4) is 0 Å². The lowest BCUT2D eigenvalue weighted by Gasteiger charge is -2.41. The topological polar surface area (TPSA) is 176 Å². The van der Waals surface area contributed by atoms with Gasteiger partial charge in [0.2, 0.25) is 17.7 Å². The van der Waals surface area contributed by atoms with Gasteiger partial charge in [-0.1, -0.05) is 30.3 Å². The standard InChI is InChI=1S/C34H43N7O7/c1-23-30(43)36-15-19-47-25-8-10-26(11-9-25)48-34(12-16-41(17-13-34)21-29-35-14-18-40(29)2)33(46)39-27(20-24-6-4-3-5-7-24)31(44)38-28(22-42)32(45)37-23/h3-11,14,18,23,27-28,42H,12-13,15-17,19-22H2,1-2H3,(H,36,43)(H,37,45)(H,38,44)(H,39,46)/t23-,27+,28-/m0/s1. The molecule has 3 atom stereocenters. The van der Waals surface area contributed by atoms with E-state index in [1.54, 1.807) is 30.5 Å². The van der Waals surface area contributed by atoms with E-state index in [4.69, 9.17) is 9.47 Å². The van der Waals surface area contributed by atoms with E-state index in [9.17, 15) is 24.3 Å². The Hall–Kier alpha value is -4.95. The lowest BCUT2D eigenvalue weighted by Crippen LogP contribution is -2.62. The van der Waals surface area contributed by atoms with Crippen LogP contribution >= 0.6 is 0 Å². The second kappa shape index (κ2) is 15.8. The van der Waals surface area contributed by atoms with Crippen LogP contribution in [0.1, 0.15) is 31.2 Å². The second-order valence-electron chi connectivity index (χ2n) is 12.1. The highest BCUT2D eigenvalue weighted by atomic mass is 16.5. The Labute approximate surface area is 279 Å². The van der Waals surface area contributed by atoms with Crippen LogP contribution in [0.25, 0.3) is 0 Å². The van der Waals surface area contributed by atoms with Crippen LogP contribution < -0.4 is 30.7 Å². The number of amides is 4. The summed E-state index contributed by atoms with van der Waals surface area (Å²) in [5.41, 5.74) is -0.539. The van der Waals surface area contributed by atoms with Crippen molar-refractivity contribution in [2.45, 2.75) is 56.5 Å². The smallest absolute Gasteiger partial charge is 0.264 e. The van der Waals surface area contributed by atoms with E-state index in [0.717, 1.165) is 11.4 Å². The fraction of sp³-hybridized carbons (Fsp3) is 0.441. The van der Waals surface area contributed by atoms with Crippen molar-refractivity contribution in [3.63, 3.8) is 0 Å². The van der Waals surface area contributed by atoms with Gasteiger partial charge in [-0.05, 0) is 36.8 Å². The van der Waals surface area contributed by atoms with Gasteiger partial charge in [-0.3, -0.25) is 24.1 Å². The number of rotatable bonds is 5. The predicted octanol–water partition coefficient (Wildman–Crippen LogP) is 0.0516. The van der Waals surface area contributed by atoms with Gasteiger partial charge in [0.15, 0.2) is 5.60 Å². The van der Waals surface area contributed by atoms with Crippen molar-refractivity contribution in [1.29, 1.82) is 0 Å². The number of hydrogen-bond donors (Lipinski definition) is 5. The summed E-state index contributed by atoms with van der Waals surface area (Å²) in [6, 6.07) is 12.6. The number of ether oxygens (including phenoxy) is 2. The van der Waals surface area contributed by atoms with E-state index in [2.05, 4.69) is 31.2 Å². The number of nitrogens with zero attached hydrogens (tertiary/aromatic N) is 3. The number of imidazole rings is 1. The van der Waals surface area contributed by atoms with Gasteiger partial charge in [0, 0.05) is 51.8 Å². The van der Waals surface area contributed by atoms with E-state index >= 15 is 0 Å². The van der Waals surface area contributed by atoms with E-state index < -0.39 is 54.0 Å². The number of nitrogens with one attached hydrogen (secondary N) is 4. The van der Waals surface area contributed by atoms with Crippen molar-refractivity contribution in [3.8, 4) is 11.5 Å². The molecule has 0 radical (unpaired) electrons. The highest BCUT2D eigenvalue weighted by Crippen LogP contribution is 2.31. The third-order valence-corrected chi connectivity index (χ3v) is 8.64. The van der Waals surface area contributed by atoms with Gasteiger partial charge >= 0.3 is 0 Å². The minimum Gasteiger partial charge on any atom is -0.492 e. The van der Waals surface area contributed by atoms with Crippen LogP contribution in [-0.2, 0) is 39.2 Å². The molecule has 3 aliphatic rings. The SMILES string of the molecule is C[C@@H]1NC(=O)[C@H](CO)NC(=O)[C@@H](Cc2ccccc2)NC(=O)C2(CCN(Cc3nccn3C)CC2)Oc2ccc(cc2)OCCNC1=O. The van der Waals surface area contributed by atoms with Crippen LogP contribution in [0.2, 0.25) is 0 Å². The summed E-state index contributed by atoms with van der Waals surface area (Å²) in [5.74, 6) is -0.452. The van der Waals surface area contributed by atoms with Crippen molar-refractivity contribution < 1.29 is 33.8 Å². The van der Waals surface area contributed by atoms with Crippen molar-refractivity contribution in [1.82, 2.24) is 35.7 Å². The van der Waals surface area contributed by atoms with Crippen LogP contribution in [-0.4, -0.2) is 99.8 Å². The van der Waals surface area contributed by atoms with E-state index in [-0.39, 0.29) is 19.6 Å². The number of likely N-dealkylation sites (tertiary alicyclic amines) is 1. The van der Waals surface area contributed by atoms with E-state index in [0.29, 0.717) is 44.0 Å². The third kappa shape index (κ3) is 8.69. The largest absolute Gasteiger partial charge is 0.492 e. The number of aryl methyl sites for hydroxylation is 1. The Morgan fingerprint density at radius 1 is 0.896 bits per heavy atom. The Morgan fingerprint density at radius 2 is 1.58 bits per heavy atom. The normalized spacial score (nSPS) is 22.9. The summed E-state index contributed by atoms with van der Waals surface area (Å²) < 4.78 is 14.2. The molecular weight excluding hydrogens is 618 g/mol. The molecule has 3 aliphatic heterocycles. The fourth-order valence-electron chi connectivity index (χ4n) is 5.72. The van der Waals surface area contributed by atoms with E-state index in [1.165, 1.54) is 6.92 Å². The summed E-state index contributed by atoms with van der Waals surface area (Å²) >= 11 is 0. The summed E-state index contributed by atoms with van der Waals surface area (Å²) in [7, 11) is 1.94. The van der Waals surface area contributed by atoms with Gasteiger partial charge in [-0.25, -0.2) is 4.98 Å². The summed E-state index contributed by atoms with van der Waals surface area (Å²) in [4.78, 5) is 60.3. The second-order valence-corrected chi connectivity index (χ2v) is 12.1. The molecule has 2 bridgehead atoms. The monoisotopic (exact) mass is 661 g/mol. The molecule has 1 fully saturated rings. The number of aliphatic hydroxyl groups is 1. The van der Waals surface area contributed by atoms with Crippen molar-refractivity contribution in [2.24, 2.45) is 7.05 Å². The van der Waals surface area contributed by atoms with Gasteiger partial charge in [0.1, 0.15) is 42.1 Å². The first-order valence-corrected chi connectivity index (χ1v) is 16.1. The summed E-state index contributed by atoms with van der Waals surface area (Å²) in [6.45, 7) is 2.80. The molecular formula is C34H43N7O7. The minimum absolute atomic E-state index is 0.115. The molecule has 4 heterocycles. The molecule has 5 N–H and O–H groups in total. The number of aromatic nitrogens is 2. The maximum atomic E-state index is 14.3. The number of carbonyl (C=O) groups is 4. The highest BCUT2D eigenvalue weighted by molar-refractivity contribution is 5.95. The molecule has 48 heavy (non-hydrogen) atoms. The molecule has 14 nitrogen and oxygen atoms in total. The van der Waals surface area contributed by atoms with Gasteiger partial charge in [-0.15, -0.1) is 0 Å². The molecule has 0 saturated carbocycles. The number of benzene rings is 2. The number of hydrogen-bond acceptors (Lipinski definition) is 9. The molecule has 4 amide bonds. The Bertz CT molecular complexity index is 1560. The summed E-state index contributed by atoms with van der Waals surface area (Å²) in [6.07, 6.45) is 4.42. The number of aliphatic hydroxyl groups excluding tert-OH is 1. The molecule has 2 aromatic carbocycles. The molecule has 0 unspecified atom stereocenters. The maximum Gasteiger partial charge on any atom is 0.264 e.